The molecule has 27 heavy (non-hydrogen) atoms. The number of hydrogen-bond acceptors (Lipinski definition) is 5. The van der Waals surface area contributed by atoms with Crippen LogP contribution in [0.4, 0.5) is 5.69 Å². The molecule has 2 aromatic carbocycles. The van der Waals surface area contributed by atoms with E-state index >= 15 is 0 Å². The fourth-order valence-electron chi connectivity index (χ4n) is 2.92. The average molecular weight is 388 g/mol. The van der Waals surface area contributed by atoms with Crippen LogP contribution in [0.2, 0.25) is 0 Å². The molecule has 1 N–H and O–H groups in total. The van der Waals surface area contributed by atoms with Gasteiger partial charge < -0.3 is 10.1 Å². The largest absolute Gasteiger partial charge is 0.497 e. The molecular weight excluding hydrogens is 368 g/mol. The molecule has 8 heteroatoms. The number of sulfonamides is 1. The fraction of sp³-hybridized carbons (Fsp3) is 0.263. The summed E-state index contributed by atoms with van der Waals surface area (Å²) < 4.78 is 31.6. The van der Waals surface area contributed by atoms with Gasteiger partial charge in [0.25, 0.3) is 10.0 Å². The first-order valence-corrected chi connectivity index (χ1v) is 9.86. The molecule has 2 aromatic rings. The van der Waals surface area contributed by atoms with E-state index in [1.165, 1.54) is 19.2 Å². The minimum atomic E-state index is -4.10. The highest BCUT2D eigenvalue weighted by Gasteiger charge is 2.44. The molecule has 0 aromatic heterocycles. The van der Waals surface area contributed by atoms with E-state index in [-0.39, 0.29) is 17.7 Å². The Hall–Kier alpha value is -2.87. The molecule has 0 radical (unpaired) electrons. The van der Waals surface area contributed by atoms with Gasteiger partial charge in [-0.05, 0) is 49.7 Å². The Morgan fingerprint density at radius 1 is 1.11 bits per heavy atom. The molecular formula is C19H20N2O5S. The summed E-state index contributed by atoms with van der Waals surface area (Å²) in [6, 6.07) is 11.7. The second-order valence-corrected chi connectivity index (χ2v) is 8.09. The molecule has 0 spiro atoms. The third kappa shape index (κ3) is 3.80. The molecule has 1 fully saturated rings. The standard InChI is InChI=1S/C19H20N2O5S/c1-13-3-9-16(10-4-13)27(24,25)21-17(11-12-18(21)22)19(23)20-14-5-7-15(26-2)8-6-14/h3-10,17H,11-12H2,1-2H3,(H,20,23)/t17-/m1/s1. The lowest BCUT2D eigenvalue weighted by molar-refractivity contribution is -0.128. The molecule has 1 saturated heterocycles. The van der Waals surface area contributed by atoms with Crippen LogP contribution in [0.25, 0.3) is 0 Å². The SMILES string of the molecule is COc1ccc(NC(=O)[C@H]2CCC(=O)N2S(=O)(=O)c2ccc(C)cc2)cc1. The lowest BCUT2D eigenvalue weighted by atomic mass is 10.2. The molecule has 1 atom stereocenters. The summed E-state index contributed by atoms with van der Waals surface area (Å²) in [5, 5.41) is 2.67. The number of methoxy groups -OCH3 is 1. The predicted octanol–water partition coefficient (Wildman–Crippen LogP) is 2.32. The van der Waals surface area contributed by atoms with Crippen molar-refractivity contribution in [3.05, 3.63) is 54.1 Å². The number of rotatable bonds is 5. The number of nitrogens with zero attached hydrogens (tertiary/aromatic N) is 1. The number of carbonyl (C=O) groups excluding carboxylic acids is 2. The fourth-order valence-corrected chi connectivity index (χ4v) is 4.53. The van der Waals surface area contributed by atoms with Gasteiger partial charge in [-0.1, -0.05) is 17.7 Å². The molecule has 1 heterocycles. The number of benzene rings is 2. The summed E-state index contributed by atoms with van der Waals surface area (Å²) in [7, 11) is -2.57. The first-order chi connectivity index (χ1) is 12.8. The van der Waals surface area contributed by atoms with E-state index in [1.807, 2.05) is 6.92 Å². The van der Waals surface area contributed by atoms with Gasteiger partial charge in [-0.2, -0.15) is 0 Å². The van der Waals surface area contributed by atoms with E-state index in [0.29, 0.717) is 15.7 Å². The summed E-state index contributed by atoms with van der Waals surface area (Å²) in [5.74, 6) is -0.486. The van der Waals surface area contributed by atoms with Crippen molar-refractivity contribution in [1.29, 1.82) is 0 Å². The first-order valence-electron chi connectivity index (χ1n) is 8.42. The van der Waals surface area contributed by atoms with E-state index in [4.69, 9.17) is 4.74 Å². The Morgan fingerprint density at radius 2 is 1.74 bits per heavy atom. The van der Waals surface area contributed by atoms with E-state index in [2.05, 4.69) is 5.32 Å². The van der Waals surface area contributed by atoms with Crippen molar-refractivity contribution in [3.8, 4) is 5.75 Å². The van der Waals surface area contributed by atoms with Gasteiger partial charge in [0, 0.05) is 12.1 Å². The molecule has 7 nitrogen and oxygen atoms in total. The van der Waals surface area contributed by atoms with Gasteiger partial charge in [0.05, 0.1) is 12.0 Å². The van der Waals surface area contributed by atoms with Crippen molar-refractivity contribution in [2.45, 2.75) is 30.7 Å². The van der Waals surface area contributed by atoms with Crippen LogP contribution in [0.3, 0.4) is 0 Å². The Morgan fingerprint density at radius 3 is 2.33 bits per heavy atom. The molecule has 0 aliphatic carbocycles. The highest BCUT2D eigenvalue weighted by atomic mass is 32.2. The van der Waals surface area contributed by atoms with Gasteiger partial charge in [-0.25, -0.2) is 12.7 Å². The maximum atomic E-state index is 12.9. The summed E-state index contributed by atoms with van der Waals surface area (Å²) in [6.45, 7) is 1.84. The predicted molar refractivity (Wildman–Crippen MR) is 99.9 cm³/mol. The van der Waals surface area contributed by atoms with Crippen LogP contribution in [0.5, 0.6) is 5.75 Å². The number of hydrogen-bond donors (Lipinski definition) is 1. The second kappa shape index (κ2) is 7.40. The Balaban J connectivity index is 1.84. The van der Waals surface area contributed by atoms with Gasteiger partial charge in [-0.15, -0.1) is 0 Å². The first kappa shape index (κ1) is 18.9. The van der Waals surface area contributed by atoms with Gasteiger partial charge in [-0.3, -0.25) is 9.59 Å². The van der Waals surface area contributed by atoms with Crippen LogP contribution < -0.4 is 10.1 Å². The van der Waals surface area contributed by atoms with E-state index in [0.717, 1.165) is 5.56 Å². The zero-order valence-corrected chi connectivity index (χ0v) is 15.8. The molecule has 0 unspecified atom stereocenters. The lowest BCUT2D eigenvalue weighted by Gasteiger charge is -2.23. The lowest BCUT2D eigenvalue weighted by Crippen LogP contribution is -2.45. The van der Waals surface area contributed by atoms with Gasteiger partial charge in [0.1, 0.15) is 11.8 Å². The third-order valence-corrected chi connectivity index (χ3v) is 6.24. The normalized spacial score (nSPS) is 17.0. The van der Waals surface area contributed by atoms with Crippen molar-refractivity contribution >= 4 is 27.5 Å². The highest BCUT2D eigenvalue weighted by Crippen LogP contribution is 2.28. The van der Waals surface area contributed by atoms with Crippen molar-refractivity contribution in [2.75, 3.05) is 12.4 Å². The van der Waals surface area contributed by atoms with Gasteiger partial charge in [0.15, 0.2) is 0 Å². The Labute approximate surface area is 158 Å². The van der Waals surface area contributed by atoms with E-state index < -0.39 is 27.9 Å². The number of nitrogens with one attached hydrogen (secondary N) is 1. The summed E-state index contributed by atoms with van der Waals surface area (Å²) in [6.07, 6.45) is 0.150. The zero-order valence-electron chi connectivity index (χ0n) is 15.0. The molecule has 0 saturated carbocycles. The van der Waals surface area contributed by atoms with Crippen molar-refractivity contribution in [2.24, 2.45) is 0 Å². The monoisotopic (exact) mass is 388 g/mol. The smallest absolute Gasteiger partial charge is 0.267 e. The quantitative estimate of drug-likeness (QED) is 0.849. The molecule has 0 bridgehead atoms. The van der Waals surface area contributed by atoms with Crippen LogP contribution in [0, 0.1) is 6.92 Å². The van der Waals surface area contributed by atoms with E-state index in [1.54, 1.807) is 36.4 Å². The van der Waals surface area contributed by atoms with Crippen molar-refractivity contribution in [1.82, 2.24) is 4.31 Å². The maximum Gasteiger partial charge on any atom is 0.267 e. The zero-order chi connectivity index (χ0) is 19.6. The van der Waals surface area contributed by atoms with Crippen LogP contribution in [0.1, 0.15) is 18.4 Å². The molecule has 2 amide bonds. The van der Waals surface area contributed by atoms with Crippen LogP contribution in [0.15, 0.2) is 53.4 Å². The molecule has 1 aliphatic heterocycles. The van der Waals surface area contributed by atoms with Crippen molar-refractivity contribution < 1.29 is 22.7 Å². The Kier molecular flexibility index (Phi) is 5.18. The number of ether oxygens (including phenoxy) is 1. The number of anilines is 1. The van der Waals surface area contributed by atoms with Crippen LogP contribution >= 0.6 is 0 Å². The number of aryl methyl sites for hydroxylation is 1. The van der Waals surface area contributed by atoms with Crippen LogP contribution in [-0.4, -0.2) is 37.7 Å². The van der Waals surface area contributed by atoms with Gasteiger partial charge in [0.2, 0.25) is 11.8 Å². The number of carbonyl (C=O) groups is 2. The minimum Gasteiger partial charge on any atom is -0.497 e. The summed E-state index contributed by atoms with van der Waals surface area (Å²) in [4.78, 5) is 24.9. The molecule has 3 rings (SSSR count). The minimum absolute atomic E-state index is 0.00574. The summed E-state index contributed by atoms with van der Waals surface area (Å²) >= 11 is 0. The average Bonchev–Trinajstić information content (AvgIpc) is 3.05. The summed E-state index contributed by atoms with van der Waals surface area (Å²) in [5.41, 5.74) is 1.39. The molecule has 1 aliphatic rings. The Bertz CT molecular complexity index is 953. The maximum absolute atomic E-state index is 12.9. The van der Waals surface area contributed by atoms with Gasteiger partial charge >= 0.3 is 0 Å². The van der Waals surface area contributed by atoms with Crippen LogP contribution in [-0.2, 0) is 19.6 Å². The second-order valence-electron chi connectivity index (χ2n) is 6.28. The number of amides is 2. The topological polar surface area (TPSA) is 92.8 Å². The van der Waals surface area contributed by atoms with E-state index in [9.17, 15) is 18.0 Å². The molecule has 142 valence electrons. The highest BCUT2D eigenvalue weighted by molar-refractivity contribution is 7.89. The van der Waals surface area contributed by atoms with Crippen molar-refractivity contribution in [3.63, 3.8) is 0 Å². The third-order valence-electron chi connectivity index (χ3n) is 4.40.